The second kappa shape index (κ2) is 4.91. The summed E-state index contributed by atoms with van der Waals surface area (Å²) in [7, 11) is 2.14. The third-order valence-corrected chi connectivity index (χ3v) is 4.26. The average Bonchev–Trinajstić information content (AvgIpc) is 2.36. The van der Waals surface area contributed by atoms with Gasteiger partial charge in [0.05, 0.1) is 5.69 Å². The van der Waals surface area contributed by atoms with Crippen LogP contribution in [0.4, 0.5) is 5.82 Å². The van der Waals surface area contributed by atoms with Crippen molar-refractivity contribution in [1.29, 1.82) is 0 Å². The fraction of sp³-hybridized carbons (Fsp3) is 0.688. The maximum absolute atomic E-state index is 5.03. The molecule has 0 amide bonds. The molecule has 0 spiro atoms. The molecule has 2 heteroatoms. The fourth-order valence-corrected chi connectivity index (χ4v) is 2.95. The van der Waals surface area contributed by atoms with E-state index in [1.165, 1.54) is 41.9 Å². The molecule has 0 bridgehead atoms. The molecule has 1 aliphatic rings. The van der Waals surface area contributed by atoms with E-state index in [-0.39, 0.29) is 5.41 Å². The van der Waals surface area contributed by atoms with Crippen LogP contribution in [0, 0.1) is 0 Å². The van der Waals surface area contributed by atoms with Gasteiger partial charge in [0.2, 0.25) is 0 Å². The SMILES string of the molecule is CCc1cc2c(nc1N(C)CC)C(C)(C)CCC2. The maximum atomic E-state index is 5.03. The van der Waals surface area contributed by atoms with Crippen LogP contribution < -0.4 is 4.90 Å². The Kier molecular flexibility index (Phi) is 3.65. The number of hydrogen-bond donors (Lipinski definition) is 0. The van der Waals surface area contributed by atoms with Crippen LogP contribution >= 0.6 is 0 Å². The van der Waals surface area contributed by atoms with Crippen molar-refractivity contribution in [2.45, 2.75) is 58.8 Å². The number of fused-ring (bicyclic) bond motifs is 1. The van der Waals surface area contributed by atoms with Gasteiger partial charge in [-0.15, -0.1) is 0 Å². The van der Waals surface area contributed by atoms with Gasteiger partial charge < -0.3 is 4.90 Å². The molecule has 1 aliphatic carbocycles. The third-order valence-electron chi connectivity index (χ3n) is 4.26. The van der Waals surface area contributed by atoms with E-state index in [0.717, 1.165) is 13.0 Å². The lowest BCUT2D eigenvalue weighted by atomic mass is 9.75. The highest BCUT2D eigenvalue weighted by molar-refractivity contribution is 5.51. The minimum atomic E-state index is 0.239. The van der Waals surface area contributed by atoms with E-state index in [2.05, 4.69) is 45.7 Å². The van der Waals surface area contributed by atoms with Gasteiger partial charge in [0.1, 0.15) is 5.82 Å². The zero-order chi connectivity index (χ0) is 13.3. The first-order valence-electron chi connectivity index (χ1n) is 7.24. The molecule has 0 unspecified atom stereocenters. The minimum Gasteiger partial charge on any atom is -0.360 e. The number of anilines is 1. The molecule has 18 heavy (non-hydrogen) atoms. The molecule has 1 aromatic rings. The first-order chi connectivity index (χ1) is 8.49. The highest BCUT2D eigenvalue weighted by Gasteiger charge is 2.30. The van der Waals surface area contributed by atoms with Crippen LogP contribution in [0.5, 0.6) is 0 Å². The molecule has 0 aliphatic heterocycles. The van der Waals surface area contributed by atoms with Crippen molar-refractivity contribution in [3.63, 3.8) is 0 Å². The molecule has 2 rings (SSSR count). The molecule has 1 heterocycles. The molecule has 0 N–H and O–H groups in total. The smallest absolute Gasteiger partial charge is 0.131 e. The van der Waals surface area contributed by atoms with Gasteiger partial charge in [-0.1, -0.05) is 26.8 Å². The molecule has 0 saturated heterocycles. The van der Waals surface area contributed by atoms with E-state index in [9.17, 15) is 0 Å². The minimum absolute atomic E-state index is 0.239. The van der Waals surface area contributed by atoms with Gasteiger partial charge in [-0.25, -0.2) is 4.98 Å². The van der Waals surface area contributed by atoms with Crippen LogP contribution in [0.1, 0.15) is 57.4 Å². The summed E-state index contributed by atoms with van der Waals surface area (Å²) in [5.74, 6) is 1.19. The number of aryl methyl sites for hydroxylation is 2. The Bertz CT molecular complexity index is 435. The van der Waals surface area contributed by atoms with Crippen molar-refractivity contribution < 1.29 is 0 Å². The second-order valence-electron chi connectivity index (χ2n) is 6.08. The van der Waals surface area contributed by atoms with E-state index >= 15 is 0 Å². The van der Waals surface area contributed by atoms with Crippen LogP contribution in [-0.2, 0) is 18.3 Å². The van der Waals surface area contributed by atoms with E-state index in [1.54, 1.807) is 0 Å². The zero-order valence-electron chi connectivity index (χ0n) is 12.5. The Balaban J connectivity index is 2.55. The molecule has 0 saturated carbocycles. The fourth-order valence-electron chi connectivity index (χ4n) is 2.95. The summed E-state index contributed by atoms with van der Waals surface area (Å²) < 4.78 is 0. The number of rotatable bonds is 3. The maximum Gasteiger partial charge on any atom is 0.131 e. The summed E-state index contributed by atoms with van der Waals surface area (Å²) in [6.07, 6.45) is 4.83. The van der Waals surface area contributed by atoms with Crippen LogP contribution in [0.3, 0.4) is 0 Å². The van der Waals surface area contributed by atoms with Gasteiger partial charge in [0.15, 0.2) is 0 Å². The van der Waals surface area contributed by atoms with Crippen molar-refractivity contribution in [3.05, 3.63) is 22.9 Å². The van der Waals surface area contributed by atoms with Crippen LogP contribution in [0.25, 0.3) is 0 Å². The van der Waals surface area contributed by atoms with Gasteiger partial charge in [0, 0.05) is 19.0 Å². The molecule has 100 valence electrons. The lowest BCUT2D eigenvalue weighted by Crippen LogP contribution is -2.28. The lowest BCUT2D eigenvalue weighted by molar-refractivity contribution is 0.418. The Labute approximate surface area is 111 Å². The number of pyridine rings is 1. The van der Waals surface area contributed by atoms with E-state index in [1.807, 2.05) is 0 Å². The highest BCUT2D eigenvalue weighted by atomic mass is 15.2. The largest absolute Gasteiger partial charge is 0.360 e. The quantitative estimate of drug-likeness (QED) is 0.808. The highest BCUT2D eigenvalue weighted by Crippen LogP contribution is 2.37. The Hall–Kier alpha value is -1.05. The van der Waals surface area contributed by atoms with Gasteiger partial charge in [-0.05, 0) is 43.7 Å². The first kappa shape index (κ1) is 13.4. The Morgan fingerprint density at radius 1 is 1.33 bits per heavy atom. The standard InChI is InChI=1S/C16H26N2/c1-6-12-11-13-9-8-10-16(3,4)14(13)17-15(12)18(5)7-2/h11H,6-10H2,1-5H3. The predicted octanol–water partition coefficient (Wildman–Crippen LogP) is 3.71. The second-order valence-corrected chi connectivity index (χ2v) is 6.08. The molecule has 0 atom stereocenters. The zero-order valence-corrected chi connectivity index (χ0v) is 12.5. The van der Waals surface area contributed by atoms with Gasteiger partial charge in [-0.2, -0.15) is 0 Å². The summed E-state index contributed by atoms with van der Waals surface area (Å²) >= 11 is 0. The summed E-state index contributed by atoms with van der Waals surface area (Å²) in [5, 5.41) is 0. The summed E-state index contributed by atoms with van der Waals surface area (Å²) in [6.45, 7) is 10.1. The van der Waals surface area contributed by atoms with Crippen LogP contribution in [-0.4, -0.2) is 18.6 Å². The summed E-state index contributed by atoms with van der Waals surface area (Å²) in [6, 6.07) is 2.41. The summed E-state index contributed by atoms with van der Waals surface area (Å²) in [4.78, 5) is 7.30. The van der Waals surface area contributed by atoms with Crippen molar-refractivity contribution in [2.24, 2.45) is 0 Å². The Morgan fingerprint density at radius 2 is 2.06 bits per heavy atom. The molecule has 0 aromatic carbocycles. The van der Waals surface area contributed by atoms with Crippen LogP contribution in [0.2, 0.25) is 0 Å². The number of nitrogens with zero attached hydrogens (tertiary/aromatic N) is 2. The molecule has 2 nitrogen and oxygen atoms in total. The van der Waals surface area contributed by atoms with Crippen LogP contribution in [0.15, 0.2) is 6.07 Å². The molecular weight excluding hydrogens is 220 g/mol. The van der Waals surface area contributed by atoms with Crippen molar-refractivity contribution in [3.8, 4) is 0 Å². The molecular formula is C16H26N2. The first-order valence-corrected chi connectivity index (χ1v) is 7.24. The average molecular weight is 246 g/mol. The van der Waals surface area contributed by atoms with E-state index in [4.69, 9.17) is 4.98 Å². The Morgan fingerprint density at radius 3 is 2.67 bits per heavy atom. The van der Waals surface area contributed by atoms with E-state index in [0.29, 0.717) is 0 Å². The third kappa shape index (κ3) is 2.25. The molecule has 1 aromatic heterocycles. The number of aromatic nitrogens is 1. The van der Waals surface area contributed by atoms with Crippen molar-refractivity contribution >= 4 is 5.82 Å². The lowest BCUT2D eigenvalue weighted by Gasteiger charge is -2.33. The van der Waals surface area contributed by atoms with Gasteiger partial charge in [0.25, 0.3) is 0 Å². The van der Waals surface area contributed by atoms with E-state index < -0.39 is 0 Å². The van der Waals surface area contributed by atoms with Gasteiger partial charge in [-0.3, -0.25) is 0 Å². The predicted molar refractivity (Wildman–Crippen MR) is 78.5 cm³/mol. The normalized spacial score (nSPS) is 17.4. The summed E-state index contributed by atoms with van der Waals surface area (Å²) in [5.41, 5.74) is 4.46. The van der Waals surface area contributed by atoms with Crippen molar-refractivity contribution in [2.75, 3.05) is 18.5 Å². The van der Waals surface area contributed by atoms with Gasteiger partial charge >= 0.3 is 0 Å². The number of hydrogen-bond acceptors (Lipinski definition) is 2. The topological polar surface area (TPSA) is 16.1 Å². The molecule has 0 radical (unpaired) electrons. The molecule has 0 fully saturated rings. The monoisotopic (exact) mass is 246 g/mol. The van der Waals surface area contributed by atoms with Crippen molar-refractivity contribution in [1.82, 2.24) is 4.98 Å².